The molecule has 4 amide bonds. The molecule has 98 heavy (non-hydrogen) atoms. The van der Waals surface area contributed by atoms with Crippen LogP contribution in [0.1, 0.15) is 211 Å². The summed E-state index contributed by atoms with van der Waals surface area (Å²) in [5, 5.41) is 5.04. The second-order valence-electron chi connectivity index (χ2n) is 31.6. The van der Waals surface area contributed by atoms with Crippen LogP contribution in [0.2, 0.25) is 0 Å². The molecule has 9 atom stereocenters. The van der Waals surface area contributed by atoms with Crippen LogP contribution in [0.3, 0.4) is 0 Å². The van der Waals surface area contributed by atoms with Gasteiger partial charge in [-0.15, -0.1) is 5.56 Å². The van der Waals surface area contributed by atoms with Gasteiger partial charge in [-0.05, 0) is 214 Å². The Hall–Kier alpha value is -4.85. The monoisotopic (exact) mass is 1440 g/mol. The largest absolute Gasteiger partial charge is 1.00 e. The molecule has 4 aliphatic heterocycles. The summed E-state index contributed by atoms with van der Waals surface area (Å²) in [5.41, 5.74) is 9.50. The summed E-state index contributed by atoms with van der Waals surface area (Å²) in [7, 11) is -3.65. The molecule has 7 heterocycles. The van der Waals surface area contributed by atoms with Crippen molar-refractivity contribution in [3.05, 3.63) is 89.3 Å². The first kappa shape index (κ1) is 93.1. The maximum absolute atomic E-state index is 12.7. The molecular formula is C70H120LiN11O12S4. The predicted molar refractivity (Wildman–Crippen MR) is 395 cm³/mol. The van der Waals surface area contributed by atoms with Gasteiger partial charge in [-0.25, -0.2) is 36.5 Å². The second kappa shape index (κ2) is 41.3. The number of carbonyl (C=O) groups excluding carboxylic acids is 5. The molecule has 4 aliphatic rings. The molecule has 28 heteroatoms. The zero-order valence-electron chi connectivity index (χ0n) is 63.7. The van der Waals surface area contributed by atoms with E-state index in [1.54, 1.807) is 38.1 Å². The summed E-state index contributed by atoms with van der Waals surface area (Å²) in [6, 6.07) is 11.4. The van der Waals surface area contributed by atoms with Gasteiger partial charge in [-0.2, -0.15) is 30.0 Å². The van der Waals surface area contributed by atoms with Crippen molar-refractivity contribution >= 4 is 83.3 Å². The minimum atomic E-state index is -1.24. The fourth-order valence-corrected chi connectivity index (χ4v) is 10.4. The Morgan fingerprint density at radius 1 is 0.551 bits per heavy atom. The van der Waals surface area contributed by atoms with Gasteiger partial charge in [0.15, 0.2) is 0 Å². The Labute approximate surface area is 614 Å². The fraction of sp³-hybridized carbons (Fsp3) is 0.700. The molecule has 552 valence electrons. The summed E-state index contributed by atoms with van der Waals surface area (Å²) < 4.78 is 62.8. The molecule has 0 aliphatic carbocycles. The number of hydrogen-bond donors (Lipinski definition) is 3. The number of aldehydes is 1. The molecule has 4 fully saturated rings. The number of aryl methyl sites for hydroxylation is 3. The molecule has 23 nitrogen and oxygen atoms in total. The summed E-state index contributed by atoms with van der Waals surface area (Å²) in [4.78, 5) is 77.8. The number of nitrogens with one attached hydrogen (secondary N) is 1. The van der Waals surface area contributed by atoms with Crippen LogP contribution in [0.5, 0.6) is 0 Å². The number of likely N-dealkylation sites (tertiary alicyclic amines) is 4. The van der Waals surface area contributed by atoms with Gasteiger partial charge in [0.25, 0.3) is 0 Å². The third kappa shape index (κ3) is 37.7. The molecule has 2 unspecified atom stereocenters. The molecule has 0 bridgehead atoms. The Morgan fingerprint density at radius 2 is 0.918 bits per heavy atom. The topological polar surface area (TPSA) is 302 Å². The number of rotatable bonds is 9. The van der Waals surface area contributed by atoms with E-state index in [1.165, 1.54) is 5.56 Å². The Bertz CT molecular complexity index is 3010. The fourth-order valence-electron chi connectivity index (χ4n) is 8.88. The molecule has 5 N–H and O–H groups in total. The summed E-state index contributed by atoms with van der Waals surface area (Å²) in [6.07, 6.45) is 12.9. The molecular weight excluding hydrogens is 1320 g/mol. The summed E-state index contributed by atoms with van der Waals surface area (Å²) >= 11 is 0. The van der Waals surface area contributed by atoms with Crippen LogP contribution >= 0.6 is 13.5 Å². The minimum absolute atomic E-state index is 0. The van der Waals surface area contributed by atoms with Crippen LogP contribution in [0, 0.1) is 50.6 Å². The van der Waals surface area contributed by atoms with Gasteiger partial charge in [0.1, 0.15) is 39.7 Å². The molecule has 0 spiro atoms. The van der Waals surface area contributed by atoms with Crippen molar-refractivity contribution in [2.45, 2.75) is 241 Å². The van der Waals surface area contributed by atoms with Crippen LogP contribution in [0.4, 0.5) is 19.2 Å². The van der Waals surface area contributed by atoms with Gasteiger partial charge in [-0.3, -0.25) is 15.1 Å². The molecule has 3 aromatic rings. The quantitative estimate of drug-likeness (QED) is 0.0591. The Morgan fingerprint density at radius 3 is 1.24 bits per heavy atom. The third-order valence-electron chi connectivity index (χ3n) is 14.3. The molecule has 3 aromatic heterocycles. The smallest absolute Gasteiger partial charge is 0.444 e. The van der Waals surface area contributed by atoms with Crippen LogP contribution in [0.25, 0.3) is 0 Å². The van der Waals surface area contributed by atoms with Gasteiger partial charge >= 0.3 is 43.2 Å². The van der Waals surface area contributed by atoms with E-state index in [1.807, 2.05) is 209 Å². The molecule has 0 aromatic carbocycles. The number of nitrogens with zero attached hydrogens (tertiary/aromatic N) is 8. The van der Waals surface area contributed by atoms with Crippen LogP contribution < -0.4 is 34.5 Å². The van der Waals surface area contributed by atoms with E-state index in [0.717, 1.165) is 54.5 Å². The molecule has 0 saturated carbocycles. The number of ether oxygens (including phenoxy) is 4. The first-order chi connectivity index (χ1) is 43.9. The van der Waals surface area contributed by atoms with Crippen LogP contribution in [-0.2, 0) is 56.7 Å². The number of nitrogens with two attached hydrogens (primary N) is 2. The minimum Gasteiger partial charge on any atom is -0.444 e. The zero-order chi connectivity index (χ0) is 73.5. The average molecular weight is 1440 g/mol. The maximum atomic E-state index is 12.7. The van der Waals surface area contributed by atoms with Crippen molar-refractivity contribution in [1.82, 2.24) is 39.3 Å². The van der Waals surface area contributed by atoms with E-state index in [9.17, 15) is 36.6 Å². The first-order valence-electron chi connectivity index (χ1n) is 32.9. The van der Waals surface area contributed by atoms with Gasteiger partial charge in [0.2, 0.25) is 0 Å². The first-order valence-corrected chi connectivity index (χ1v) is 36.4. The molecule has 0 radical (unpaired) electrons. The SMILES string of the molecule is CC(C)(C)OC(=O)N1CC[C@H](C=N[S@@](=O)C(C)(C)C)C1.CC(C)(C)OC(=O)N1CC[C@H](C=O)C1.CC(C)(C)[S@@](N)=O.Cc1cc[c-]nc1.Cc1ccc(C(N)[C@H]2CCN(C(=O)OC(C)(C)C)C2)nc1.Cc1ccc(C(N[S@@](=O)C(C)(C)C)[C@H]2CCN(C(=O)OC(C)(C)C)C2)nc1.S.[Li+]. The van der Waals surface area contributed by atoms with E-state index in [-0.39, 0.29) is 107 Å². The van der Waals surface area contributed by atoms with Crippen LogP contribution in [-0.4, -0.2) is 173 Å². The number of carbonyl (C=O) groups is 5. The number of aromatic nitrogens is 3. The van der Waals surface area contributed by atoms with Crippen LogP contribution in [0.15, 0.2) is 59.4 Å². The zero-order valence-corrected chi connectivity index (χ0v) is 67.1. The van der Waals surface area contributed by atoms with E-state index in [0.29, 0.717) is 52.4 Å². The number of pyridine rings is 3. The molecule has 7 rings (SSSR count). The summed E-state index contributed by atoms with van der Waals surface area (Å²) in [5.74, 6) is 0.503. The standard InChI is InChI=1S/C20H33N3O3S.C16H25N3O2.C14H26N2O3S.C10H17NO3.C6H6N.C4H11NOS.Li.H2S/c1-14-8-9-16(21-12-14)17(22-27(25)20(5,6)7)15-10-11-23(13-15)18(24)26-19(2,3)4;1-11-5-6-13(18-9-11)14(17)12-7-8-19(10-12)15(20)21-16(2,3)4;1-13(2,3)19-12(17)16-8-7-11(10-16)9-15-20(18)14(4,5)6;1-10(2,3)14-9(13)11-5-4-8(6-11)7-12;1-6-3-2-4-7-5-6;1-4(2,3)7(5)6;;/h8-9,12,15,17,22H,10-11,13H2,1-7H3;5-6,9,12,14H,7-8,10,17H2,1-4H3;9,11H,7-8,10H2,1-6H3;7-8H,4-6H2,1-3H3;2-3,5H,1H3;5H2,1-3H3;;1H2/q;;;;-1;;+1;/t15-,17?,27-;12-,14?;11-,20+;8-;;7-;;/m0010.0../s1. The van der Waals surface area contributed by atoms with Gasteiger partial charge < -0.3 is 54.1 Å². The van der Waals surface area contributed by atoms with Gasteiger partial charge in [0, 0.05) is 88.7 Å². The summed E-state index contributed by atoms with van der Waals surface area (Å²) in [6.45, 7) is 50.2. The van der Waals surface area contributed by atoms with E-state index in [4.69, 9.17) is 29.8 Å². The van der Waals surface area contributed by atoms with Crippen molar-refractivity contribution in [2.75, 3.05) is 52.4 Å². The van der Waals surface area contributed by atoms with Crippen molar-refractivity contribution in [1.29, 1.82) is 0 Å². The van der Waals surface area contributed by atoms with E-state index < -0.39 is 55.4 Å². The predicted octanol–water partition coefficient (Wildman–Crippen LogP) is 9.32. The number of hydrogen-bond acceptors (Lipinski definition) is 16. The Kier molecular flexibility index (Phi) is 39.3. The molecule has 4 saturated heterocycles. The normalized spacial score (nSPS) is 19.5. The third-order valence-corrected chi connectivity index (χ3v) is 18.4. The van der Waals surface area contributed by atoms with Crippen molar-refractivity contribution in [3.63, 3.8) is 0 Å². The second-order valence-corrected chi connectivity index (χ2v) is 37.3. The number of amides is 4. The maximum Gasteiger partial charge on any atom is 1.00 e. The van der Waals surface area contributed by atoms with E-state index in [2.05, 4.69) is 30.3 Å². The van der Waals surface area contributed by atoms with Gasteiger partial charge in [0.05, 0.1) is 59.7 Å². The Balaban J connectivity index is 0.00000121. The van der Waals surface area contributed by atoms with E-state index >= 15 is 0 Å². The average Bonchev–Trinajstić information content (AvgIpc) is 1.62. The van der Waals surface area contributed by atoms with Gasteiger partial charge in [-0.1, -0.05) is 31.5 Å². The van der Waals surface area contributed by atoms with Crippen molar-refractivity contribution < 1.29 is 74.4 Å². The van der Waals surface area contributed by atoms with Crippen molar-refractivity contribution in [3.8, 4) is 0 Å². The van der Waals surface area contributed by atoms with Crippen molar-refractivity contribution in [2.24, 2.45) is 38.9 Å².